The monoisotopic (exact) mass is 652 g/mol. The summed E-state index contributed by atoms with van der Waals surface area (Å²) in [5, 5.41) is 1.98. The molecule has 238 valence electrons. The van der Waals surface area contributed by atoms with Crippen LogP contribution in [-0.2, 0) is 5.41 Å². The van der Waals surface area contributed by atoms with Gasteiger partial charge in [0.25, 0.3) is 0 Å². The van der Waals surface area contributed by atoms with Crippen LogP contribution >= 0.6 is 0 Å². The summed E-state index contributed by atoms with van der Waals surface area (Å²) in [6.45, 7) is 0. The molecule has 2 aromatic heterocycles. The summed E-state index contributed by atoms with van der Waals surface area (Å²) < 4.78 is 13.8. The standard InChI is InChI=1S/C47H28N2O2/c1-3-14-29(15-4-1)39-28-40(49-46(48-39)30-16-5-2-6-17-30)33-20-13-25-42-43(33)34-26-27-38-45(44(34)51-42)50-41-24-12-11-23-37(41)47(38)35-21-9-7-18-31(35)32-19-8-10-22-36(32)47/h1-28H. The van der Waals surface area contributed by atoms with Crippen molar-refractivity contribution in [3.8, 4) is 56.5 Å². The number of rotatable bonds is 3. The fourth-order valence-electron chi connectivity index (χ4n) is 8.47. The molecule has 0 saturated carbocycles. The molecule has 9 aromatic rings. The number of aromatic nitrogens is 2. The van der Waals surface area contributed by atoms with E-state index in [0.29, 0.717) is 5.82 Å². The van der Waals surface area contributed by atoms with E-state index in [9.17, 15) is 0 Å². The largest absolute Gasteiger partial charge is 0.453 e. The first kappa shape index (κ1) is 28.1. The van der Waals surface area contributed by atoms with Gasteiger partial charge >= 0.3 is 0 Å². The van der Waals surface area contributed by atoms with E-state index < -0.39 is 5.41 Å². The lowest BCUT2D eigenvalue weighted by Gasteiger charge is -2.39. The summed E-state index contributed by atoms with van der Waals surface area (Å²) in [5.41, 5.74) is 12.8. The molecule has 0 saturated heterocycles. The maximum Gasteiger partial charge on any atom is 0.178 e. The van der Waals surface area contributed by atoms with Crippen LogP contribution in [0, 0.1) is 0 Å². The average Bonchev–Trinajstić information content (AvgIpc) is 3.73. The second-order valence-corrected chi connectivity index (χ2v) is 13.2. The number of benzene rings is 7. The van der Waals surface area contributed by atoms with Gasteiger partial charge < -0.3 is 9.15 Å². The van der Waals surface area contributed by atoms with Gasteiger partial charge in [0.05, 0.1) is 16.8 Å². The molecule has 11 rings (SSSR count). The van der Waals surface area contributed by atoms with Gasteiger partial charge in [-0.05, 0) is 46.5 Å². The van der Waals surface area contributed by atoms with E-state index in [1.54, 1.807) is 0 Å². The highest BCUT2D eigenvalue weighted by Crippen LogP contribution is 2.63. The minimum absolute atomic E-state index is 0.560. The average molecular weight is 653 g/mol. The van der Waals surface area contributed by atoms with Crippen molar-refractivity contribution in [3.63, 3.8) is 0 Å². The molecule has 51 heavy (non-hydrogen) atoms. The lowest BCUT2D eigenvalue weighted by molar-refractivity contribution is 0.432. The molecule has 1 aliphatic carbocycles. The van der Waals surface area contributed by atoms with Crippen molar-refractivity contribution in [2.75, 3.05) is 0 Å². The first-order valence-corrected chi connectivity index (χ1v) is 17.2. The van der Waals surface area contributed by atoms with Crippen molar-refractivity contribution >= 4 is 21.9 Å². The molecule has 4 heteroatoms. The minimum atomic E-state index is -0.560. The summed E-state index contributed by atoms with van der Waals surface area (Å²) in [7, 11) is 0. The molecule has 3 heterocycles. The van der Waals surface area contributed by atoms with Crippen LogP contribution in [-0.4, -0.2) is 9.97 Å². The van der Waals surface area contributed by atoms with Gasteiger partial charge in [0, 0.05) is 38.6 Å². The van der Waals surface area contributed by atoms with Gasteiger partial charge in [0.1, 0.15) is 11.3 Å². The molecule has 2 aliphatic rings. The smallest absolute Gasteiger partial charge is 0.178 e. The molecule has 0 N–H and O–H groups in total. The van der Waals surface area contributed by atoms with Crippen LogP contribution in [0.3, 0.4) is 0 Å². The molecule has 0 atom stereocenters. The zero-order chi connectivity index (χ0) is 33.5. The van der Waals surface area contributed by atoms with Crippen LogP contribution < -0.4 is 4.74 Å². The number of hydrogen-bond acceptors (Lipinski definition) is 4. The van der Waals surface area contributed by atoms with Crippen molar-refractivity contribution in [1.29, 1.82) is 0 Å². The molecular formula is C47H28N2O2. The summed E-state index contributed by atoms with van der Waals surface area (Å²) in [6, 6.07) is 59.2. The number of nitrogens with zero attached hydrogens (tertiary/aromatic N) is 2. The summed E-state index contributed by atoms with van der Waals surface area (Å²) in [4.78, 5) is 10.2. The molecule has 0 radical (unpaired) electrons. The van der Waals surface area contributed by atoms with Crippen molar-refractivity contribution < 1.29 is 9.15 Å². The molecule has 4 nitrogen and oxygen atoms in total. The Kier molecular flexibility index (Phi) is 5.84. The third-order valence-corrected chi connectivity index (χ3v) is 10.6. The Hall–Kier alpha value is -6.78. The van der Waals surface area contributed by atoms with E-state index in [2.05, 4.69) is 115 Å². The maximum absolute atomic E-state index is 6.92. The second-order valence-electron chi connectivity index (χ2n) is 13.2. The first-order chi connectivity index (χ1) is 25.3. The van der Waals surface area contributed by atoms with E-state index in [-0.39, 0.29) is 0 Å². The van der Waals surface area contributed by atoms with Crippen LogP contribution in [0.2, 0.25) is 0 Å². The Balaban J connectivity index is 1.19. The van der Waals surface area contributed by atoms with E-state index in [1.165, 1.54) is 22.3 Å². The fourth-order valence-corrected chi connectivity index (χ4v) is 8.47. The lowest BCUT2D eigenvalue weighted by atomic mass is 9.66. The molecule has 0 fully saturated rings. The van der Waals surface area contributed by atoms with Crippen molar-refractivity contribution in [3.05, 3.63) is 192 Å². The van der Waals surface area contributed by atoms with Gasteiger partial charge in [-0.25, -0.2) is 9.97 Å². The van der Waals surface area contributed by atoms with Crippen LogP contribution in [0.5, 0.6) is 11.5 Å². The molecule has 1 aliphatic heterocycles. The third-order valence-electron chi connectivity index (χ3n) is 10.6. The number of hydrogen-bond donors (Lipinski definition) is 0. The minimum Gasteiger partial charge on any atom is -0.453 e. The van der Waals surface area contributed by atoms with Crippen LogP contribution in [0.25, 0.3) is 67.0 Å². The van der Waals surface area contributed by atoms with Crippen LogP contribution in [0.15, 0.2) is 174 Å². The van der Waals surface area contributed by atoms with Crippen molar-refractivity contribution in [1.82, 2.24) is 9.97 Å². The molecule has 0 amide bonds. The normalized spacial score (nSPS) is 13.4. The Morgan fingerprint density at radius 3 is 1.80 bits per heavy atom. The second kappa shape index (κ2) is 10.6. The highest BCUT2D eigenvalue weighted by atomic mass is 16.5. The SMILES string of the molecule is c1ccc(-c2cc(-c3cccc4oc5c6c(ccc5c34)C3(c4ccccc4O6)c4ccccc4-c4ccccc43)nc(-c3ccccc3)n2)cc1. The van der Waals surface area contributed by atoms with E-state index in [1.807, 2.05) is 54.6 Å². The van der Waals surface area contributed by atoms with E-state index >= 15 is 0 Å². The highest BCUT2D eigenvalue weighted by Gasteiger charge is 2.51. The third kappa shape index (κ3) is 3.90. The predicted octanol–water partition coefficient (Wildman–Crippen LogP) is 11.8. The lowest BCUT2D eigenvalue weighted by Crippen LogP contribution is -2.32. The Bertz CT molecular complexity index is 2730. The van der Waals surface area contributed by atoms with Crippen molar-refractivity contribution in [2.24, 2.45) is 0 Å². The van der Waals surface area contributed by atoms with Gasteiger partial charge in [-0.2, -0.15) is 0 Å². The van der Waals surface area contributed by atoms with Gasteiger partial charge in [-0.3, -0.25) is 0 Å². The van der Waals surface area contributed by atoms with E-state index in [0.717, 1.165) is 72.6 Å². The molecule has 7 aromatic carbocycles. The molecular weight excluding hydrogens is 625 g/mol. The summed E-state index contributed by atoms with van der Waals surface area (Å²) >= 11 is 0. The first-order valence-electron chi connectivity index (χ1n) is 17.2. The maximum atomic E-state index is 6.92. The topological polar surface area (TPSA) is 48.2 Å². The van der Waals surface area contributed by atoms with Gasteiger partial charge in [-0.1, -0.05) is 146 Å². The van der Waals surface area contributed by atoms with Gasteiger partial charge in [0.15, 0.2) is 17.2 Å². The highest BCUT2D eigenvalue weighted by molar-refractivity contribution is 6.14. The quantitative estimate of drug-likeness (QED) is 0.191. The van der Waals surface area contributed by atoms with Crippen LogP contribution in [0.4, 0.5) is 0 Å². The number of furan rings is 1. The summed E-state index contributed by atoms with van der Waals surface area (Å²) in [6.07, 6.45) is 0. The van der Waals surface area contributed by atoms with Gasteiger partial charge in [0.2, 0.25) is 0 Å². The zero-order valence-electron chi connectivity index (χ0n) is 27.4. The van der Waals surface area contributed by atoms with Crippen molar-refractivity contribution in [2.45, 2.75) is 5.41 Å². The van der Waals surface area contributed by atoms with E-state index in [4.69, 9.17) is 19.1 Å². The van der Waals surface area contributed by atoms with Crippen LogP contribution in [0.1, 0.15) is 22.3 Å². The number of para-hydroxylation sites is 1. The Morgan fingerprint density at radius 1 is 0.451 bits per heavy atom. The number of ether oxygens (including phenoxy) is 1. The molecule has 0 unspecified atom stereocenters. The summed E-state index contributed by atoms with van der Waals surface area (Å²) in [5.74, 6) is 2.26. The number of fused-ring (bicyclic) bond motifs is 13. The Morgan fingerprint density at radius 2 is 1.06 bits per heavy atom. The molecule has 0 bridgehead atoms. The predicted molar refractivity (Wildman–Crippen MR) is 203 cm³/mol. The Labute approximate surface area is 294 Å². The fraction of sp³-hybridized carbons (Fsp3) is 0.0213. The van der Waals surface area contributed by atoms with Gasteiger partial charge in [-0.15, -0.1) is 0 Å². The zero-order valence-corrected chi connectivity index (χ0v) is 27.4. The molecule has 1 spiro atoms.